The molecule has 0 radical (unpaired) electrons. The molecule has 0 spiro atoms. The fourth-order valence-corrected chi connectivity index (χ4v) is 2.61. The number of benzene rings is 1. The van der Waals surface area contributed by atoms with Gasteiger partial charge in [0, 0.05) is 12.5 Å². The molecule has 1 aliphatic heterocycles. The third-order valence-corrected chi connectivity index (χ3v) is 3.65. The Morgan fingerprint density at radius 2 is 1.81 bits per heavy atom. The second kappa shape index (κ2) is 6.83. The summed E-state index contributed by atoms with van der Waals surface area (Å²) in [5.74, 6) is 2.23. The topological polar surface area (TPSA) is 47.6 Å². The Balaban J connectivity index is 2.16. The molecule has 0 bridgehead atoms. The summed E-state index contributed by atoms with van der Waals surface area (Å²) in [6.07, 6.45) is 0.496. The molecular weight excluding hydrogens is 266 g/mol. The van der Waals surface area contributed by atoms with Gasteiger partial charge in [-0.2, -0.15) is 0 Å². The Hall–Kier alpha value is -1.71. The lowest BCUT2D eigenvalue weighted by Crippen LogP contribution is -2.32. The molecule has 2 rings (SSSR count). The number of hydrogen-bond acceptors (Lipinski definition) is 3. The van der Waals surface area contributed by atoms with Gasteiger partial charge in [0.15, 0.2) is 11.5 Å². The van der Waals surface area contributed by atoms with Crippen molar-refractivity contribution in [2.24, 2.45) is 5.92 Å². The largest absolute Gasteiger partial charge is 0.486 e. The van der Waals surface area contributed by atoms with E-state index in [1.165, 1.54) is 0 Å². The van der Waals surface area contributed by atoms with Crippen molar-refractivity contribution in [1.82, 2.24) is 5.32 Å². The summed E-state index contributed by atoms with van der Waals surface area (Å²) in [6, 6.07) is 6.17. The highest BCUT2D eigenvalue weighted by Crippen LogP contribution is 2.36. The Labute approximate surface area is 126 Å². The molecule has 21 heavy (non-hydrogen) atoms. The van der Waals surface area contributed by atoms with Crippen molar-refractivity contribution in [1.29, 1.82) is 0 Å². The van der Waals surface area contributed by atoms with Crippen molar-refractivity contribution in [3.8, 4) is 11.5 Å². The van der Waals surface area contributed by atoms with Crippen molar-refractivity contribution in [2.45, 2.75) is 46.1 Å². The van der Waals surface area contributed by atoms with Gasteiger partial charge < -0.3 is 14.8 Å². The molecule has 4 nitrogen and oxygen atoms in total. The standard InChI is InChI=1S/C17H25NO3/c1-11(2)14(10-17(19)18-12(3)4)13-5-6-15-16(9-13)21-8-7-20-15/h5-6,9,11-12,14H,7-8,10H2,1-4H3,(H,18,19). The summed E-state index contributed by atoms with van der Waals surface area (Å²) >= 11 is 0. The van der Waals surface area contributed by atoms with E-state index in [-0.39, 0.29) is 17.9 Å². The van der Waals surface area contributed by atoms with E-state index in [9.17, 15) is 4.79 Å². The molecule has 116 valence electrons. The van der Waals surface area contributed by atoms with Crippen LogP contribution in [0.3, 0.4) is 0 Å². The zero-order valence-electron chi connectivity index (χ0n) is 13.3. The predicted molar refractivity (Wildman–Crippen MR) is 82.9 cm³/mol. The van der Waals surface area contributed by atoms with Gasteiger partial charge in [0.05, 0.1) is 0 Å². The fourth-order valence-electron chi connectivity index (χ4n) is 2.61. The summed E-state index contributed by atoms with van der Waals surface area (Å²) in [5.41, 5.74) is 1.13. The second-order valence-electron chi connectivity index (χ2n) is 6.18. The van der Waals surface area contributed by atoms with E-state index in [0.29, 0.717) is 25.6 Å². The first-order valence-electron chi connectivity index (χ1n) is 7.66. The summed E-state index contributed by atoms with van der Waals surface area (Å²) in [7, 11) is 0. The van der Waals surface area contributed by atoms with E-state index < -0.39 is 0 Å². The first-order chi connectivity index (χ1) is 9.97. The zero-order chi connectivity index (χ0) is 15.4. The molecule has 4 heteroatoms. The van der Waals surface area contributed by atoms with Crippen LogP contribution in [0.1, 0.15) is 45.6 Å². The SMILES string of the molecule is CC(C)NC(=O)CC(c1ccc2c(c1)OCCO2)C(C)C. The maximum atomic E-state index is 12.1. The maximum Gasteiger partial charge on any atom is 0.220 e. The summed E-state index contributed by atoms with van der Waals surface area (Å²) in [4.78, 5) is 12.1. The number of amides is 1. The molecule has 1 aliphatic rings. The molecule has 1 unspecified atom stereocenters. The average molecular weight is 291 g/mol. The van der Waals surface area contributed by atoms with Crippen LogP contribution in [0.4, 0.5) is 0 Å². The minimum atomic E-state index is 0.0959. The molecule has 0 saturated heterocycles. The van der Waals surface area contributed by atoms with Crippen LogP contribution in [0.25, 0.3) is 0 Å². The monoisotopic (exact) mass is 291 g/mol. The minimum absolute atomic E-state index is 0.0959. The lowest BCUT2D eigenvalue weighted by molar-refractivity contribution is -0.122. The molecule has 0 saturated carbocycles. The van der Waals surface area contributed by atoms with Crippen LogP contribution in [0, 0.1) is 5.92 Å². The van der Waals surface area contributed by atoms with Crippen LogP contribution < -0.4 is 14.8 Å². The van der Waals surface area contributed by atoms with Gasteiger partial charge in [0.2, 0.25) is 5.91 Å². The van der Waals surface area contributed by atoms with Crippen LogP contribution in [0.2, 0.25) is 0 Å². The number of carbonyl (C=O) groups excluding carboxylic acids is 1. The first-order valence-corrected chi connectivity index (χ1v) is 7.66. The van der Waals surface area contributed by atoms with Crippen molar-refractivity contribution < 1.29 is 14.3 Å². The van der Waals surface area contributed by atoms with Gasteiger partial charge in [-0.3, -0.25) is 4.79 Å². The van der Waals surface area contributed by atoms with Crippen molar-refractivity contribution in [3.05, 3.63) is 23.8 Å². The highest BCUT2D eigenvalue weighted by Gasteiger charge is 2.22. The van der Waals surface area contributed by atoms with Crippen LogP contribution in [0.15, 0.2) is 18.2 Å². The number of rotatable bonds is 5. The highest BCUT2D eigenvalue weighted by atomic mass is 16.6. The first kappa shape index (κ1) is 15.7. The van der Waals surface area contributed by atoms with E-state index in [4.69, 9.17) is 9.47 Å². The normalized spacial score (nSPS) is 15.1. The second-order valence-corrected chi connectivity index (χ2v) is 6.18. The van der Waals surface area contributed by atoms with Crippen molar-refractivity contribution in [2.75, 3.05) is 13.2 Å². The molecule has 1 heterocycles. The van der Waals surface area contributed by atoms with Gasteiger partial charge in [-0.1, -0.05) is 19.9 Å². The van der Waals surface area contributed by atoms with Gasteiger partial charge in [0.1, 0.15) is 13.2 Å². The summed E-state index contributed by atoms with van der Waals surface area (Å²) in [6.45, 7) is 9.42. The molecule has 1 atom stereocenters. The Bertz CT molecular complexity index is 497. The van der Waals surface area contributed by atoms with Gasteiger partial charge in [0.25, 0.3) is 0 Å². The number of carbonyl (C=O) groups is 1. The van der Waals surface area contributed by atoms with E-state index in [1.807, 2.05) is 32.0 Å². The number of ether oxygens (including phenoxy) is 2. The fraction of sp³-hybridized carbons (Fsp3) is 0.588. The molecule has 1 aromatic carbocycles. The quantitative estimate of drug-likeness (QED) is 0.906. The van der Waals surface area contributed by atoms with Gasteiger partial charge in [-0.05, 0) is 43.4 Å². The molecule has 0 aromatic heterocycles. The van der Waals surface area contributed by atoms with Crippen LogP contribution >= 0.6 is 0 Å². The zero-order valence-corrected chi connectivity index (χ0v) is 13.3. The van der Waals surface area contributed by atoms with Gasteiger partial charge >= 0.3 is 0 Å². The van der Waals surface area contributed by atoms with Crippen molar-refractivity contribution >= 4 is 5.91 Å². The summed E-state index contributed by atoms with van der Waals surface area (Å²) < 4.78 is 11.2. The molecule has 0 aliphatic carbocycles. The Kier molecular flexibility index (Phi) is 5.10. The molecule has 1 aromatic rings. The Morgan fingerprint density at radius 3 is 2.43 bits per heavy atom. The number of hydrogen-bond donors (Lipinski definition) is 1. The van der Waals surface area contributed by atoms with E-state index in [1.54, 1.807) is 0 Å². The lowest BCUT2D eigenvalue weighted by Gasteiger charge is -2.24. The number of fused-ring (bicyclic) bond motifs is 1. The smallest absolute Gasteiger partial charge is 0.220 e. The minimum Gasteiger partial charge on any atom is -0.486 e. The predicted octanol–water partition coefficient (Wildman–Crippen LogP) is 3.11. The van der Waals surface area contributed by atoms with Crippen LogP contribution in [-0.2, 0) is 4.79 Å². The molecule has 0 fully saturated rings. The van der Waals surface area contributed by atoms with Crippen LogP contribution in [-0.4, -0.2) is 25.2 Å². The molecular formula is C17H25NO3. The molecule has 1 amide bonds. The van der Waals surface area contributed by atoms with Gasteiger partial charge in [-0.15, -0.1) is 0 Å². The van der Waals surface area contributed by atoms with Gasteiger partial charge in [-0.25, -0.2) is 0 Å². The third kappa shape index (κ3) is 4.13. The highest BCUT2D eigenvalue weighted by molar-refractivity contribution is 5.77. The molecule has 1 N–H and O–H groups in total. The third-order valence-electron chi connectivity index (χ3n) is 3.65. The van der Waals surface area contributed by atoms with Crippen LogP contribution in [0.5, 0.6) is 11.5 Å². The Morgan fingerprint density at radius 1 is 1.14 bits per heavy atom. The van der Waals surface area contributed by atoms with E-state index in [2.05, 4.69) is 19.2 Å². The average Bonchev–Trinajstić information content (AvgIpc) is 2.43. The summed E-state index contributed by atoms with van der Waals surface area (Å²) in [5, 5.41) is 2.97. The van der Waals surface area contributed by atoms with E-state index >= 15 is 0 Å². The van der Waals surface area contributed by atoms with Crippen molar-refractivity contribution in [3.63, 3.8) is 0 Å². The van der Waals surface area contributed by atoms with E-state index in [0.717, 1.165) is 17.1 Å². The lowest BCUT2D eigenvalue weighted by atomic mass is 9.85. The maximum absolute atomic E-state index is 12.1. The number of nitrogens with one attached hydrogen (secondary N) is 1.